The van der Waals surface area contributed by atoms with E-state index < -0.39 is 10.0 Å². The van der Waals surface area contributed by atoms with Gasteiger partial charge in [-0.3, -0.25) is 4.72 Å². The van der Waals surface area contributed by atoms with Crippen molar-refractivity contribution in [3.8, 4) is 17.1 Å². The molecule has 0 unspecified atom stereocenters. The minimum Gasteiger partial charge on any atom is -0.480 e. The Morgan fingerprint density at radius 2 is 1.62 bits per heavy atom. The molecule has 0 aliphatic carbocycles. The van der Waals surface area contributed by atoms with Crippen LogP contribution in [0.1, 0.15) is 12.5 Å². The molecule has 0 saturated heterocycles. The van der Waals surface area contributed by atoms with Gasteiger partial charge in [0.25, 0.3) is 10.0 Å². The highest BCUT2D eigenvalue weighted by Crippen LogP contribution is 2.22. The van der Waals surface area contributed by atoms with Gasteiger partial charge in [0.05, 0.1) is 17.7 Å². The van der Waals surface area contributed by atoms with Crippen molar-refractivity contribution in [1.82, 2.24) is 10.2 Å². The summed E-state index contributed by atoms with van der Waals surface area (Å²) in [6.07, 6.45) is 0.865. The largest absolute Gasteiger partial charge is 0.480 e. The fourth-order valence-electron chi connectivity index (χ4n) is 2.41. The first-order valence-corrected chi connectivity index (χ1v) is 9.60. The fraction of sp³-hybridized carbons (Fsp3) is 0.158. The van der Waals surface area contributed by atoms with Crippen molar-refractivity contribution in [1.29, 1.82) is 0 Å². The van der Waals surface area contributed by atoms with E-state index in [0.29, 0.717) is 17.3 Å². The van der Waals surface area contributed by atoms with Crippen molar-refractivity contribution in [3.05, 3.63) is 66.2 Å². The summed E-state index contributed by atoms with van der Waals surface area (Å²) in [7, 11) is -2.09. The van der Waals surface area contributed by atoms with Crippen LogP contribution in [0.5, 0.6) is 5.88 Å². The zero-order valence-corrected chi connectivity index (χ0v) is 15.3. The highest BCUT2D eigenvalue weighted by atomic mass is 32.2. The molecule has 0 saturated carbocycles. The lowest BCUT2D eigenvalue weighted by atomic mass is 10.1. The molecule has 6 nitrogen and oxygen atoms in total. The standard InChI is InChI=1S/C19H19N3O3S/c1-3-14-4-10-17(11-5-14)26(23,24)22-16-8-6-15(7-9-16)18-12-13-19(25-2)21-20-18/h4-13,22H,3H2,1-2H3. The smallest absolute Gasteiger partial charge is 0.261 e. The number of sulfonamides is 1. The third-order valence-electron chi connectivity index (χ3n) is 3.92. The lowest BCUT2D eigenvalue weighted by molar-refractivity contribution is 0.392. The van der Waals surface area contributed by atoms with E-state index in [1.165, 1.54) is 7.11 Å². The number of anilines is 1. The number of ether oxygens (including phenoxy) is 1. The molecule has 0 aliphatic heterocycles. The lowest BCUT2D eigenvalue weighted by Gasteiger charge is -2.09. The van der Waals surface area contributed by atoms with Crippen molar-refractivity contribution in [3.63, 3.8) is 0 Å². The Morgan fingerprint density at radius 3 is 2.15 bits per heavy atom. The first-order chi connectivity index (χ1) is 12.5. The van der Waals surface area contributed by atoms with Crippen LogP contribution in [0.2, 0.25) is 0 Å². The SMILES string of the molecule is CCc1ccc(S(=O)(=O)Nc2ccc(-c3ccc(OC)nn3)cc2)cc1. The van der Waals surface area contributed by atoms with E-state index in [1.54, 1.807) is 48.5 Å². The number of methoxy groups -OCH3 is 1. The number of nitrogens with zero attached hydrogens (tertiary/aromatic N) is 2. The van der Waals surface area contributed by atoms with Crippen molar-refractivity contribution >= 4 is 15.7 Å². The van der Waals surface area contributed by atoms with Gasteiger partial charge in [0.15, 0.2) is 0 Å². The quantitative estimate of drug-likeness (QED) is 0.719. The van der Waals surface area contributed by atoms with Crippen LogP contribution >= 0.6 is 0 Å². The van der Waals surface area contributed by atoms with Gasteiger partial charge in [-0.2, -0.15) is 0 Å². The number of hydrogen-bond donors (Lipinski definition) is 1. The van der Waals surface area contributed by atoms with Gasteiger partial charge < -0.3 is 4.74 Å². The molecule has 7 heteroatoms. The Hall–Kier alpha value is -2.93. The predicted molar refractivity (Wildman–Crippen MR) is 101 cm³/mol. The van der Waals surface area contributed by atoms with E-state index in [1.807, 2.05) is 19.1 Å². The van der Waals surface area contributed by atoms with Crippen LogP contribution in [0.4, 0.5) is 5.69 Å². The third-order valence-corrected chi connectivity index (χ3v) is 5.32. The molecule has 1 aromatic heterocycles. The average molecular weight is 369 g/mol. The molecule has 0 spiro atoms. The maximum Gasteiger partial charge on any atom is 0.261 e. The topological polar surface area (TPSA) is 81.2 Å². The van der Waals surface area contributed by atoms with Crippen molar-refractivity contribution in [2.24, 2.45) is 0 Å². The van der Waals surface area contributed by atoms with Crippen LogP contribution < -0.4 is 9.46 Å². The van der Waals surface area contributed by atoms with Crippen LogP contribution in [0.15, 0.2) is 65.6 Å². The minimum absolute atomic E-state index is 0.236. The summed E-state index contributed by atoms with van der Waals surface area (Å²) in [6.45, 7) is 2.02. The monoisotopic (exact) mass is 369 g/mol. The molecular weight excluding hydrogens is 350 g/mol. The van der Waals surface area contributed by atoms with Crippen LogP contribution in [-0.2, 0) is 16.4 Å². The second kappa shape index (κ2) is 7.53. The fourth-order valence-corrected chi connectivity index (χ4v) is 3.47. The highest BCUT2D eigenvalue weighted by molar-refractivity contribution is 7.92. The predicted octanol–water partition coefficient (Wildman–Crippen LogP) is 3.52. The third kappa shape index (κ3) is 4.00. The van der Waals surface area contributed by atoms with Crippen molar-refractivity contribution < 1.29 is 13.2 Å². The molecule has 0 bridgehead atoms. The van der Waals surface area contributed by atoms with E-state index in [9.17, 15) is 8.42 Å². The van der Waals surface area contributed by atoms with E-state index in [4.69, 9.17) is 4.74 Å². The first kappa shape index (κ1) is 17.9. The molecule has 0 fully saturated rings. The van der Waals surface area contributed by atoms with Crippen LogP contribution in [-0.4, -0.2) is 25.7 Å². The number of rotatable bonds is 6. The molecule has 3 aromatic rings. The summed E-state index contributed by atoms with van der Waals surface area (Å²) in [5.41, 5.74) is 3.08. The zero-order chi connectivity index (χ0) is 18.6. The molecule has 0 atom stereocenters. The molecule has 3 rings (SSSR count). The van der Waals surface area contributed by atoms with Crippen LogP contribution in [0.3, 0.4) is 0 Å². The summed E-state index contributed by atoms with van der Waals surface area (Å²) >= 11 is 0. The molecule has 0 radical (unpaired) electrons. The number of nitrogens with one attached hydrogen (secondary N) is 1. The van der Waals surface area contributed by atoms with Gasteiger partial charge in [0, 0.05) is 17.3 Å². The lowest BCUT2D eigenvalue weighted by Crippen LogP contribution is -2.12. The Kier molecular flexibility index (Phi) is 5.18. The first-order valence-electron chi connectivity index (χ1n) is 8.12. The van der Waals surface area contributed by atoms with Gasteiger partial charge >= 0.3 is 0 Å². The number of aryl methyl sites for hydroxylation is 1. The molecule has 0 amide bonds. The number of hydrogen-bond acceptors (Lipinski definition) is 5. The Morgan fingerprint density at radius 1 is 0.923 bits per heavy atom. The van der Waals surface area contributed by atoms with Crippen molar-refractivity contribution in [2.75, 3.05) is 11.8 Å². The van der Waals surface area contributed by atoms with Gasteiger partial charge in [-0.1, -0.05) is 31.2 Å². The number of aromatic nitrogens is 2. The maximum absolute atomic E-state index is 12.5. The van der Waals surface area contributed by atoms with Crippen molar-refractivity contribution in [2.45, 2.75) is 18.2 Å². The number of benzene rings is 2. The maximum atomic E-state index is 12.5. The second-order valence-corrected chi connectivity index (χ2v) is 7.32. The summed E-state index contributed by atoms with van der Waals surface area (Å²) in [5.74, 6) is 0.437. The van der Waals surface area contributed by atoms with Gasteiger partial charge in [-0.25, -0.2) is 8.42 Å². The Balaban J connectivity index is 1.77. The second-order valence-electron chi connectivity index (χ2n) is 5.64. The molecule has 1 heterocycles. The van der Waals surface area contributed by atoms with Gasteiger partial charge in [0.1, 0.15) is 0 Å². The Bertz CT molecular complexity index is 968. The zero-order valence-electron chi connectivity index (χ0n) is 14.5. The molecular formula is C19H19N3O3S. The summed E-state index contributed by atoms with van der Waals surface area (Å²) in [5, 5.41) is 8.00. The normalized spacial score (nSPS) is 11.2. The highest BCUT2D eigenvalue weighted by Gasteiger charge is 2.14. The van der Waals surface area contributed by atoms with Gasteiger partial charge in [-0.05, 0) is 42.3 Å². The minimum atomic E-state index is -3.62. The van der Waals surface area contributed by atoms with Crippen LogP contribution in [0, 0.1) is 0 Å². The summed E-state index contributed by atoms with van der Waals surface area (Å²) < 4.78 is 32.5. The van der Waals surface area contributed by atoms with Gasteiger partial charge in [0.2, 0.25) is 5.88 Å². The van der Waals surface area contributed by atoms with Crippen LogP contribution in [0.25, 0.3) is 11.3 Å². The molecule has 0 aliphatic rings. The van der Waals surface area contributed by atoms with E-state index in [-0.39, 0.29) is 4.90 Å². The average Bonchev–Trinajstić information content (AvgIpc) is 2.68. The van der Waals surface area contributed by atoms with Gasteiger partial charge in [-0.15, -0.1) is 10.2 Å². The van der Waals surface area contributed by atoms with E-state index >= 15 is 0 Å². The molecule has 134 valence electrons. The molecule has 1 N–H and O–H groups in total. The molecule has 2 aromatic carbocycles. The van der Waals surface area contributed by atoms with E-state index in [2.05, 4.69) is 14.9 Å². The summed E-state index contributed by atoms with van der Waals surface area (Å²) in [6, 6.07) is 17.3. The molecule has 26 heavy (non-hydrogen) atoms. The Labute approximate surface area is 152 Å². The summed E-state index contributed by atoms with van der Waals surface area (Å²) in [4.78, 5) is 0.236. The van der Waals surface area contributed by atoms with E-state index in [0.717, 1.165) is 17.5 Å².